The number of amides is 1. The van der Waals surface area contributed by atoms with E-state index in [9.17, 15) is 14.7 Å². The van der Waals surface area contributed by atoms with Crippen LogP contribution in [0, 0.1) is 22.7 Å². The van der Waals surface area contributed by atoms with Crippen LogP contribution in [0.25, 0.3) is 0 Å². The number of nitrogens with zero attached hydrogens (tertiary/aromatic N) is 9. The number of aryl methyl sites for hydroxylation is 1. The summed E-state index contributed by atoms with van der Waals surface area (Å²) in [5.74, 6) is -1.14. The molecule has 0 aliphatic heterocycles. The van der Waals surface area contributed by atoms with Gasteiger partial charge >= 0.3 is 5.97 Å². The molecule has 0 fully saturated rings. The molecule has 0 atom stereocenters. The molecular weight excluding hydrogens is 789 g/mol. The van der Waals surface area contributed by atoms with Crippen LogP contribution in [0.1, 0.15) is 91.4 Å². The highest BCUT2D eigenvalue weighted by Crippen LogP contribution is 2.25. The normalized spacial score (nSPS) is 12.9. The van der Waals surface area contributed by atoms with Gasteiger partial charge in [-0.15, -0.1) is 0 Å². The molecule has 4 aromatic heterocycles. The topological polar surface area (TPSA) is 231 Å². The molecule has 6 aromatic rings. The summed E-state index contributed by atoms with van der Waals surface area (Å²) < 4.78 is 10.9. The van der Waals surface area contributed by atoms with Crippen LogP contribution < -0.4 is 11.1 Å². The zero-order valence-electron chi connectivity index (χ0n) is 34.9. The Bertz CT molecular complexity index is 2530. The molecule has 0 spiro atoms. The number of carbonyl (C=O) groups is 2. The van der Waals surface area contributed by atoms with E-state index in [4.69, 9.17) is 21.0 Å². The second-order valence-electron chi connectivity index (χ2n) is 16.3. The first-order chi connectivity index (χ1) is 29.4. The Hall–Kier alpha value is -6.82. The molecule has 316 valence electrons. The van der Waals surface area contributed by atoms with Gasteiger partial charge in [0.25, 0.3) is 5.91 Å². The minimum Gasteiger partial charge on any atom is -0.476 e. The number of aromatic amines is 1. The number of hydrogen-bond donors (Lipinski definition) is 4. The first-order valence-electron chi connectivity index (χ1n) is 20.4. The van der Waals surface area contributed by atoms with Crippen LogP contribution in [-0.4, -0.2) is 71.2 Å². The average molecular weight is 841 g/mol. The predicted octanol–water partition coefficient (Wildman–Crippen LogP) is 6.81. The van der Waals surface area contributed by atoms with Crippen molar-refractivity contribution in [3.05, 3.63) is 129 Å². The third-order valence-electron chi connectivity index (χ3n) is 10.3. The van der Waals surface area contributed by atoms with Gasteiger partial charge in [-0.2, -0.15) is 30.9 Å². The molecule has 0 unspecified atom stereocenters. The van der Waals surface area contributed by atoms with Gasteiger partial charge in [0.2, 0.25) is 0 Å². The third-order valence-corrected chi connectivity index (χ3v) is 12.0. The number of rotatable bonds is 12. The SMILES string of the molecule is C[Si](C)(C)CCOCn1nc(C(=O)O)c2c1CCCC2.N#Cc1cccc(Cn2cc(N)cn2)c1.N#Cc1cccc(Cn2cc(NC(=O)c3n[nH]c4c3CCCC4)cn2)c1. The Morgan fingerprint density at radius 2 is 1.49 bits per heavy atom. The molecule has 0 saturated heterocycles. The minimum absolute atomic E-state index is 0.213. The van der Waals surface area contributed by atoms with Crippen molar-refractivity contribution in [2.75, 3.05) is 17.7 Å². The lowest BCUT2D eigenvalue weighted by molar-refractivity contribution is 0.0668. The zero-order chi connectivity index (χ0) is 43.4. The Morgan fingerprint density at radius 1 is 0.869 bits per heavy atom. The number of nitrogens with one attached hydrogen (secondary N) is 2. The molecule has 2 aromatic carbocycles. The van der Waals surface area contributed by atoms with E-state index in [2.05, 4.69) is 62.6 Å². The molecule has 4 heterocycles. The van der Waals surface area contributed by atoms with E-state index in [0.29, 0.717) is 48.0 Å². The monoisotopic (exact) mass is 840 g/mol. The first-order valence-corrected chi connectivity index (χ1v) is 24.2. The Morgan fingerprint density at radius 3 is 2.11 bits per heavy atom. The van der Waals surface area contributed by atoms with Crippen molar-refractivity contribution in [2.45, 2.75) is 96.9 Å². The number of ether oxygens (including phenoxy) is 1. The second-order valence-corrected chi connectivity index (χ2v) is 22.0. The lowest BCUT2D eigenvalue weighted by Gasteiger charge is -2.17. The van der Waals surface area contributed by atoms with Crippen molar-refractivity contribution in [2.24, 2.45) is 0 Å². The van der Waals surface area contributed by atoms with Crippen molar-refractivity contribution >= 4 is 31.3 Å². The van der Waals surface area contributed by atoms with Crippen LogP contribution in [0.15, 0.2) is 73.3 Å². The maximum Gasteiger partial charge on any atom is 0.356 e. The van der Waals surface area contributed by atoms with Gasteiger partial charge in [0, 0.05) is 49.6 Å². The lowest BCUT2D eigenvalue weighted by Crippen LogP contribution is -2.22. The summed E-state index contributed by atoms with van der Waals surface area (Å²) in [6.45, 7) is 9.21. The summed E-state index contributed by atoms with van der Waals surface area (Å²) in [6, 6.07) is 20.2. The lowest BCUT2D eigenvalue weighted by atomic mass is 9.96. The summed E-state index contributed by atoms with van der Waals surface area (Å²) >= 11 is 0. The summed E-state index contributed by atoms with van der Waals surface area (Å²) in [6.07, 6.45) is 14.7. The molecule has 0 radical (unpaired) electrons. The van der Waals surface area contributed by atoms with Gasteiger partial charge in [0.05, 0.1) is 60.1 Å². The van der Waals surface area contributed by atoms with Gasteiger partial charge in [-0.1, -0.05) is 43.9 Å². The van der Waals surface area contributed by atoms with Gasteiger partial charge in [0.1, 0.15) is 6.73 Å². The van der Waals surface area contributed by atoms with E-state index in [1.54, 1.807) is 51.0 Å². The van der Waals surface area contributed by atoms with Gasteiger partial charge in [-0.05, 0) is 92.8 Å². The fraction of sp³-hybridized carbons (Fsp3) is 0.364. The van der Waals surface area contributed by atoms with Crippen molar-refractivity contribution in [1.29, 1.82) is 10.5 Å². The van der Waals surface area contributed by atoms with Gasteiger partial charge in [-0.25, -0.2) is 9.48 Å². The first kappa shape index (κ1) is 43.7. The summed E-state index contributed by atoms with van der Waals surface area (Å²) in [5, 5.41) is 49.6. The number of H-pyrrole nitrogens is 1. The third kappa shape index (κ3) is 12.4. The standard InChI is InChI=1S/C19H18N6O.C14H24N2O3Si.C11H10N4/c20-9-13-4-3-5-14(8-13)11-25-12-15(10-21-25)22-19(26)18-16-6-1-2-7-17(16)23-24-18;1-20(2,3)9-8-19-10-16-12-7-5-4-6-11(12)13(15-16)14(17)18;12-5-9-2-1-3-10(4-9)7-15-8-11(13)6-14-15/h3-5,8,10,12H,1-2,6-7,11H2,(H,22,26)(H,23,24);4-10H2,1-3H3,(H,17,18);1-4,6,8H,7,13H2. The number of benzene rings is 2. The van der Waals surface area contributed by atoms with E-state index in [1.165, 1.54) is 0 Å². The molecule has 2 aliphatic carbocycles. The number of anilines is 2. The van der Waals surface area contributed by atoms with Crippen molar-refractivity contribution in [3.63, 3.8) is 0 Å². The van der Waals surface area contributed by atoms with Crippen LogP contribution in [-0.2, 0) is 50.2 Å². The molecular formula is C44H52N12O4Si. The fourth-order valence-corrected chi connectivity index (χ4v) is 7.93. The Balaban J connectivity index is 0.000000159. The summed E-state index contributed by atoms with van der Waals surface area (Å²) in [4.78, 5) is 23.8. The number of aromatic nitrogens is 8. The van der Waals surface area contributed by atoms with Crippen molar-refractivity contribution in [3.8, 4) is 12.1 Å². The molecule has 61 heavy (non-hydrogen) atoms. The molecule has 5 N–H and O–H groups in total. The number of carbonyl (C=O) groups excluding carboxylic acids is 1. The van der Waals surface area contributed by atoms with Gasteiger partial charge in [-0.3, -0.25) is 19.3 Å². The maximum atomic E-state index is 12.5. The van der Waals surface area contributed by atoms with E-state index in [0.717, 1.165) is 97.7 Å². The smallest absolute Gasteiger partial charge is 0.356 e. The Kier molecular flexibility index (Phi) is 14.7. The van der Waals surface area contributed by atoms with Crippen molar-refractivity contribution < 1.29 is 19.4 Å². The highest BCUT2D eigenvalue weighted by Gasteiger charge is 2.25. The van der Waals surface area contributed by atoms with Crippen LogP contribution in [0.2, 0.25) is 25.7 Å². The van der Waals surface area contributed by atoms with E-state index in [-0.39, 0.29) is 11.6 Å². The van der Waals surface area contributed by atoms with Crippen LogP contribution in [0.4, 0.5) is 11.4 Å². The second kappa shape index (κ2) is 20.4. The van der Waals surface area contributed by atoms with Crippen LogP contribution in [0.3, 0.4) is 0 Å². The van der Waals surface area contributed by atoms with Crippen LogP contribution in [0.5, 0.6) is 0 Å². The molecule has 2 aliphatic rings. The number of nitrogens with two attached hydrogens (primary N) is 1. The highest BCUT2D eigenvalue weighted by atomic mass is 28.3. The maximum absolute atomic E-state index is 12.5. The Labute approximate surface area is 356 Å². The number of hydrogen-bond acceptors (Lipinski definition) is 10. The van der Waals surface area contributed by atoms with E-state index >= 15 is 0 Å². The summed E-state index contributed by atoms with van der Waals surface area (Å²) in [7, 11) is -1.09. The zero-order valence-corrected chi connectivity index (χ0v) is 35.9. The number of nitrogen functional groups attached to an aromatic ring is 1. The summed E-state index contributed by atoms with van der Waals surface area (Å²) in [5.41, 5.74) is 14.9. The average Bonchev–Trinajstić information content (AvgIpc) is 4.06. The largest absolute Gasteiger partial charge is 0.476 e. The van der Waals surface area contributed by atoms with Crippen molar-refractivity contribution in [1.82, 2.24) is 39.5 Å². The quantitative estimate of drug-likeness (QED) is 0.0738. The molecule has 16 nitrogen and oxygen atoms in total. The van der Waals surface area contributed by atoms with Crippen LogP contribution >= 0.6 is 0 Å². The number of nitriles is 2. The minimum atomic E-state index is -1.09. The van der Waals surface area contributed by atoms with Gasteiger partial charge < -0.3 is 20.9 Å². The van der Waals surface area contributed by atoms with E-state index in [1.807, 2.05) is 36.4 Å². The van der Waals surface area contributed by atoms with E-state index < -0.39 is 14.0 Å². The molecule has 0 bridgehead atoms. The molecule has 17 heteroatoms. The number of carboxylic acids is 1. The predicted molar refractivity (Wildman–Crippen MR) is 233 cm³/mol. The fourth-order valence-electron chi connectivity index (χ4n) is 7.17. The van der Waals surface area contributed by atoms with Gasteiger partial charge in [0.15, 0.2) is 11.4 Å². The number of carboxylic acid groups (broad SMARTS) is 1. The highest BCUT2D eigenvalue weighted by molar-refractivity contribution is 6.76. The molecule has 1 amide bonds. The number of aromatic carboxylic acids is 1. The number of fused-ring (bicyclic) bond motifs is 2. The molecule has 8 rings (SSSR count). The molecule has 0 saturated carbocycles.